The van der Waals surface area contributed by atoms with Crippen molar-refractivity contribution in [3.8, 4) is 0 Å². The second kappa shape index (κ2) is 17.2. The Balaban J connectivity index is 1.87. The first-order valence-corrected chi connectivity index (χ1v) is 16.5. The van der Waals surface area contributed by atoms with E-state index in [-0.39, 0.29) is 0 Å². The molecule has 0 aliphatic carbocycles. The topological polar surface area (TPSA) is 390 Å². The maximum atomic E-state index is 12.5. The lowest BCUT2D eigenvalue weighted by Gasteiger charge is -2.48. The van der Waals surface area contributed by atoms with Crippen LogP contribution in [0.2, 0.25) is 0 Å². The molecule has 0 aromatic rings. The monoisotopic (exact) mass is 754 g/mol. The number of nitrogens with one attached hydrogen (secondary N) is 2. The van der Waals surface area contributed by atoms with Crippen LogP contribution in [-0.2, 0) is 47.2 Å². The molecule has 24 nitrogen and oxygen atoms in total. The molecule has 3 aliphatic heterocycles. The lowest BCUT2D eigenvalue weighted by atomic mass is 9.88. The van der Waals surface area contributed by atoms with Crippen molar-refractivity contribution in [2.24, 2.45) is 0 Å². The molecule has 0 bridgehead atoms. The second-order valence-corrected chi connectivity index (χ2v) is 13.1. The molecule has 3 saturated heterocycles. The summed E-state index contributed by atoms with van der Waals surface area (Å²) in [5.41, 5.74) is 0. The first-order chi connectivity index (χ1) is 23.1. The number of hydrogen-bond donors (Lipinski definition) is 14. The van der Waals surface area contributed by atoms with E-state index >= 15 is 0 Å². The molecule has 16 atom stereocenters. The van der Waals surface area contributed by atoms with Gasteiger partial charge in [-0.05, 0) is 0 Å². The predicted octanol–water partition coefficient (Wildman–Crippen LogP) is -7.96. The highest BCUT2D eigenvalue weighted by atomic mass is 31.2. The summed E-state index contributed by atoms with van der Waals surface area (Å²) >= 11 is 0. The van der Waals surface area contributed by atoms with Gasteiger partial charge < -0.3 is 95.2 Å². The Morgan fingerprint density at radius 2 is 1.48 bits per heavy atom. The van der Waals surface area contributed by atoms with E-state index in [1.54, 1.807) is 0 Å². The van der Waals surface area contributed by atoms with Crippen LogP contribution < -0.4 is 10.6 Å². The van der Waals surface area contributed by atoms with Crippen LogP contribution >= 0.6 is 7.82 Å². The Kier molecular flexibility index (Phi) is 14.6. The maximum Gasteiger partial charge on any atom is 0.469 e. The summed E-state index contributed by atoms with van der Waals surface area (Å²) in [5.74, 6) is -6.35. The number of aliphatic hydroxyl groups excluding tert-OH is 9. The highest BCUT2D eigenvalue weighted by Gasteiger charge is 2.57. The van der Waals surface area contributed by atoms with Gasteiger partial charge in [-0.1, -0.05) is 0 Å². The fraction of sp³-hybridized carbons (Fsp3) is 0.880. The summed E-state index contributed by atoms with van der Waals surface area (Å²) in [7, 11) is -5.17. The van der Waals surface area contributed by atoms with E-state index < -0.39 is 149 Å². The molecule has 0 aromatic heterocycles. The first-order valence-electron chi connectivity index (χ1n) is 14.9. The standard InChI is InChI=1S/C25H43N2O22P/c1-7(29)26-13-9(31)3-25(24(39)40,49-21(13)15(33)10(32)4-28)44-5-11-16(34)18(36)19(37)23(47-11)48-20-12(6-45-50(41,42)43)46-22(38)14(17(20)35)27-8(2)30/h9-23,28,31-38H,3-6H2,1-2H3,(H,26,29)(H,27,30)(H,39,40)(H2,41,42,43)/t9-,10+,11+,12+,13+,14+,15+,16-,17+,18-,19+,20+,21+,22?,23-,25+/m0/s1. The molecule has 3 fully saturated rings. The molecule has 0 radical (unpaired) electrons. The molecule has 3 heterocycles. The summed E-state index contributed by atoms with van der Waals surface area (Å²) in [5, 5.41) is 108. The average molecular weight is 755 g/mol. The van der Waals surface area contributed by atoms with Gasteiger partial charge in [0.25, 0.3) is 5.79 Å². The normalized spacial score (nSPS) is 40.8. The van der Waals surface area contributed by atoms with E-state index in [1.165, 1.54) is 0 Å². The Bertz CT molecular complexity index is 1230. The SMILES string of the molecule is CC(=O)N[C@H]1[C@H]([C@H](O)[C@H](O)CO)O[C@@](OC[C@H]2O[C@@H](O[C@H]3[C@H](O)[C@@H](NC(C)=O)C(O)O[C@@H]3COP(=O)(O)O)[C@H](O)[C@@H](O)[C@H]2O)(C(=O)O)C[C@@H]1O. The largest absolute Gasteiger partial charge is 0.477 e. The number of phosphoric acid groups is 1. The molecule has 3 rings (SSSR count). The van der Waals surface area contributed by atoms with Gasteiger partial charge in [-0.15, -0.1) is 0 Å². The van der Waals surface area contributed by atoms with Crippen molar-refractivity contribution in [2.75, 3.05) is 19.8 Å². The van der Waals surface area contributed by atoms with Crippen molar-refractivity contribution >= 4 is 25.6 Å². The van der Waals surface area contributed by atoms with Gasteiger partial charge in [-0.3, -0.25) is 14.1 Å². The van der Waals surface area contributed by atoms with Crippen molar-refractivity contribution in [1.29, 1.82) is 0 Å². The highest BCUT2D eigenvalue weighted by Crippen LogP contribution is 2.38. The third kappa shape index (κ3) is 10.1. The first kappa shape index (κ1) is 42.4. The van der Waals surface area contributed by atoms with Crippen LogP contribution in [0.4, 0.5) is 0 Å². The fourth-order valence-corrected chi connectivity index (χ4v) is 5.95. The highest BCUT2D eigenvalue weighted by molar-refractivity contribution is 7.46. The fourth-order valence-electron chi connectivity index (χ4n) is 5.61. The zero-order chi connectivity index (χ0) is 37.9. The van der Waals surface area contributed by atoms with Crippen molar-refractivity contribution in [1.82, 2.24) is 10.6 Å². The molecule has 50 heavy (non-hydrogen) atoms. The lowest BCUT2D eigenvalue weighted by Crippen LogP contribution is -2.69. The minimum absolute atomic E-state index is 0.753. The van der Waals surface area contributed by atoms with E-state index in [0.717, 1.165) is 13.8 Å². The molecule has 1 unspecified atom stereocenters. The van der Waals surface area contributed by atoms with E-state index in [0.29, 0.717) is 0 Å². The van der Waals surface area contributed by atoms with Crippen molar-refractivity contribution in [2.45, 2.75) is 118 Å². The van der Waals surface area contributed by atoms with E-state index in [2.05, 4.69) is 15.2 Å². The van der Waals surface area contributed by atoms with Crippen LogP contribution in [0.1, 0.15) is 20.3 Å². The van der Waals surface area contributed by atoms with Gasteiger partial charge in [0, 0.05) is 20.3 Å². The van der Waals surface area contributed by atoms with Gasteiger partial charge in [0.15, 0.2) is 12.6 Å². The van der Waals surface area contributed by atoms with Gasteiger partial charge in [0.05, 0.1) is 32.0 Å². The number of phosphoric ester groups is 1. The quantitative estimate of drug-likeness (QED) is 0.0732. The summed E-state index contributed by atoms with van der Waals surface area (Å²) in [4.78, 5) is 54.1. The molecule has 290 valence electrons. The van der Waals surface area contributed by atoms with Gasteiger partial charge in [0.2, 0.25) is 11.8 Å². The van der Waals surface area contributed by atoms with E-state index in [1.807, 2.05) is 0 Å². The maximum absolute atomic E-state index is 12.5. The molecule has 3 aliphatic rings. The number of aliphatic carboxylic acids is 1. The zero-order valence-corrected chi connectivity index (χ0v) is 27.3. The number of carbonyl (C=O) groups excluding carboxylic acids is 2. The average Bonchev–Trinajstić information content (AvgIpc) is 3.02. The smallest absolute Gasteiger partial charge is 0.469 e. The molecule has 0 aromatic carbocycles. The molecular weight excluding hydrogens is 711 g/mol. The van der Waals surface area contributed by atoms with Crippen LogP contribution in [0.25, 0.3) is 0 Å². The van der Waals surface area contributed by atoms with Crippen LogP contribution in [0.5, 0.6) is 0 Å². The number of carboxylic acids is 1. The molecule has 0 spiro atoms. The van der Waals surface area contributed by atoms with Crippen molar-refractivity contribution in [3.05, 3.63) is 0 Å². The summed E-state index contributed by atoms with van der Waals surface area (Å²) in [6.07, 6.45) is -26.6. The number of ether oxygens (including phenoxy) is 5. The third-order valence-corrected chi connectivity index (χ3v) is 8.58. The van der Waals surface area contributed by atoms with E-state index in [4.69, 9.17) is 33.5 Å². The van der Waals surface area contributed by atoms with Crippen molar-refractivity contribution < 1.29 is 108 Å². The van der Waals surface area contributed by atoms with Crippen LogP contribution in [0.15, 0.2) is 0 Å². The Morgan fingerprint density at radius 1 is 0.880 bits per heavy atom. The predicted molar refractivity (Wildman–Crippen MR) is 153 cm³/mol. The Morgan fingerprint density at radius 3 is 2.02 bits per heavy atom. The molecule has 25 heteroatoms. The van der Waals surface area contributed by atoms with Gasteiger partial charge in [-0.25, -0.2) is 9.36 Å². The summed E-state index contributed by atoms with van der Waals surface area (Å²) < 4.78 is 42.9. The summed E-state index contributed by atoms with van der Waals surface area (Å²) in [6.45, 7) is -1.10. The Hall–Kier alpha value is -2.04. The third-order valence-electron chi connectivity index (χ3n) is 8.10. The number of hydrogen-bond acceptors (Lipinski definition) is 19. The van der Waals surface area contributed by atoms with Crippen LogP contribution in [-0.4, -0.2) is 196 Å². The van der Waals surface area contributed by atoms with Crippen molar-refractivity contribution in [3.63, 3.8) is 0 Å². The molecule has 2 amide bonds. The number of rotatable bonds is 14. The van der Waals surface area contributed by atoms with Crippen LogP contribution in [0, 0.1) is 0 Å². The molecule has 0 saturated carbocycles. The minimum Gasteiger partial charge on any atom is -0.477 e. The second-order valence-electron chi connectivity index (χ2n) is 11.9. The summed E-state index contributed by atoms with van der Waals surface area (Å²) in [6, 6.07) is -3.16. The number of carbonyl (C=O) groups is 3. The molecule has 14 N–H and O–H groups in total. The van der Waals surface area contributed by atoms with Crippen LogP contribution in [0.3, 0.4) is 0 Å². The zero-order valence-electron chi connectivity index (χ0n) is 26.4. The van der Waals surface area contributed by atoms with Gasteiger partial charge >= 0.3 is 13.8 Å². The molecular formula is C25H43N2O22P. The number of amides is 2. The van der Waals surface area contributed by atoms with Gasteiger partial charge in [0.1, 0.15) is 67.1 Å². The minimum atomic E-state index is -5.17. The Labute approximate surface area is 282 Å². The lowest BCUT2D eigenvalue weighted by molar-refractivity contribution is -0.358. The number of aliphatic hydroxyl groups is 9. The van der Waals surface area contributed by atoms with E-state index in [9.17, 15) is 70.0 Å². The van der Waals surface area contributed by atoms with Gasteiger partial charge in [-0.2, -0.15) is 0 Å². The number of carboxylic acid groups (broad SMARTS) is 1.